The molecule has 4 rings (SSSR count). The van der Waals surface area contributed by atoms with Crippen molar-refractivity contribution in [2.45, 2.75) is 25.3 Å². The largest absolute Gasteiger partial charge is 0.327 e. The summed E-state index contributed by atoms with van der Waals surface area (Å²) in [5.74, 6) is 1.15. The molecule has 0 radical (unpaired) electrons. The summed E-state index contributed by atoms with van der Waals surface area (Å²) in [5.41, 5.74) is 7.89. The Hall–Kier alpha value is -1.94. The molecular weight excluding hydrogens is 262 g/mol. The molecule has 2 bridgehead atoms. The monoisotopic (exact) mass is 281 g/mol. The van der Waals surface area contributed by atoms with Crippen LogP contribution in [0.25, 0.3) is 5.69 Å². The number of para-hydroxylation sites is 1. The van der Waals surface area contributed by atoms with Gasteiger partial charge in [0.25, 0.3) is 0 Å². The standard InChI is InChI=1S/C17H19N3O/c18-16-12-7-6-11(10-12)15(16)17(21)14-8-9-19-20(14)13-4-2-1-3-5-13/h1-5,8-9,11-12,15-16H,6-7,10,18H2. The molecule has 2 fully saturated rings. The topological polar surface area (TPSA) is 60.9 Å². The molecule has 108 valence electrons. The zero-order valence-corrected chi connectivity index (χ0v) is 11.9. The molecule has 1 aromatic carbocycles. The number of carbonyl (C=O) groups is 1. The number of ketones is 1. The van der Waals surface area contributed by atoms with Gasteiger partial charge in [-0.05, 0) is 49.3 Å². The molecule has 0 amide bonds. The summed E-state index contributed by atoms with van der Waals surface area (Å²) >= 11 is 0. The fourth-order valence-corrected chi connectivity index (χ4v) is 4.16. The van der Waals surface area contributed by atoms with Crippen LogP contribution in [0.2, 0.25) is 0 Å². The molecule has 2 aliphatic rings. The van der Waals surface area contributed by atoms with Crippen molar-refractivity contribution in [2.75, 3.05) is 0 Å². The maximum atomic E-state index is 13.0. The van der Waals surface area contributed by atoms with Crippen LogP contribution in [0, 0.1) is 17.8 Å². The Morgan fingerprint density at radius 1 is 1.14 bits per heavy atom. The summed E-state index contributed by atoms with van der Waals surface area (Å²) in [5, 5.41) is 4.32. The number of carbonyl (C=O) groups excluding carboxylic acids is 1. The highest BCUT2D eigenvalue weighted by atomic mass is 16.1. The van der Waals surface area contributed by atoms with Crippen molar-refractivity contribution in [1.29, 1.82) is 0 Å². The molecule has 1 heterocycles. The van der Waals surface area contributed by atoms with Crippen molar-refractivity contribution in [3.63, 3.8) is 0 Å². The minimum absolute atomic E-state index is 0.0235. The predicted octanol–water partition coefficient (Wildman–Crippen LogP) is 2.43. The van der Waals surface area contributed by atoms with Crippen LogP contribution in [0.15, 0.2) is 42.6 Å². The SMILES string of the molecule is NC1C2CCC(C2)C1C(=O)c1ccnn1-c1ccccc1. The van der Waals surface area contributed by atoms with Crippen molar-refractivity contribution < 1.29 is 4.79 Å². The summed E-state index contributed by atoms with van der Waals surface area (Å²) in [6.45, 7) is 0. The number of benzene rings is 1. The average Bonchev–Trinajstić information content (AvgIpc) is 3.23. The smallest absolute Gasteiger partial charge is 0.186 e. The summed E-state index contributed by atoms with van der Waals surface area (Å²) in [6, 6.07) is 11.6. The minimum atomic E-state index is -0.0251. The molecule has 4 heteroatoms. The summed E-state index contributed by atoms with van der Waals surface area (Å²) in [4.78, 5) is 13.0. The molecule has 2 N–H and O–H groups in total. The van der Waals surface area contributed by atoms with Crippen molar-refractivity contribution in [3.8, 4) is 5.69 Å². The van der Waals surface area contributed by atoms with Crippen LogP contribution in [0.5, 0.6) is 0 Å². The van der Waals surface area contributed by atoms with Gasteiger partial charge < -0.3 is 5.73 Å². The van der Waals surface area contributed by atoms with E-state index in [-0.39, 0.29) is 17.7 Å². The first kappa shape index (κ1) is 12.8. The molecule has 4 atom stereocenters. The summed E-state index contributed by atoms with van der Waals surface area (Å²) in [7, 11) is 0. The third-order valence-corrected chi connectivity index (χ3v) is 5.18. The second-order valence-corrected chi connectivity index (χ2v) is 6.26. The van der Waals surface area contributed by atoms with Crippen molar-refractivity contribution >= 4 is 5.78 Å². The van der Waals surface area contributed by atoms with Gasteiger partial charge in [0.05, 0.1) is 11.9 Å². The molecule has 0 aliphatic heterocycles. The van der Waals surface area contributed by atoms with Crippen molar-refractivity contribution in [1.82, 2.24) is 9.78 Å². The molecule has 1 aromatic heterocycles. The van der Waals surface area contributed by atoms with Crippen LogP contribution in [0.1, 0.15) is 29.8 Å². The van der Waals surface area contributed by atoms with Gasteiger partial charge in [-0.1, -0.05) is 18.2 Å². The third-order valence-electron chi connectivity index (χ3n) is 5.18. The lowest BCUT2D eigenvalue weighted by Crippen LogP contribution is -2.40. The second-order valence-electron chi connectivity index (χ2n) is 6.26. The maximum absolute atomic E-state index is 13.0. The zero-order chi connectivity index (χ0) is 14.4. The van der Waals surface area contributed by atoms with E-state index < -0.39 is 0 Å². The molecule has 0 saturated heterocycles. The molecule has 4 unspecified atom stereocenters. The molecule has 0 spiro atoms. The summed E-state index contributed by atoms with van der Waals surface area (Å²) < 4.78 is 1.74. The fourth-order valence-electron chi connectivity index (χ4n) is 4.16. The van der Waals surface area contributed by atoms with Gasteiger partial charge in [-0.25, -0.2) is 4.68 Å². The number of rotatable bonds is 3. The lowest BCUT2D eigenvalue weighted by Gasteiger charge is -2.26. The lowest BCUT2D eigenvalue weighted by molar-refractivity contribution is 0.0848. The van der Waals surface area contributed by atoms with Gasteiger partial charge in [-0.2, -0.15) is 5.10 Å². The molecule has 2 aliphatic carbocycles. The first-order chi connectivity index (χ1) is 10.3. The van der Waals surface area contributed by atoms with E-state index in [1.165, 1.54) is 6.42 Å². The predicted molar refractivity (Wildman–Crippen MR) is 80.2 cm³/mol. The molecule has 4 nitrogen and oxygen atoms in total. The van der Waals surface area contributed by atoms with Crippen LogP contribution < -0.4 is 5.73 Å². The van der Waals surface area contributed by atoms with Crippen LogP contribution >= 0.6 is 0 Å². The second kappa shape index (κ2) is 4.81. The Bertz CT molecular complexity index is 662. The minimum Gasteiger partial charge on any atom is -0.327 e. The lowest BCUT2D eigenvalue weighted by atomic mass is 9.81. The van der Waals surface area contributed by atoms with Crippen LogP contribution in [0.3, 0.4) is 0 Å². The zero-order valence-electron chi connectivity index (χ0n) is 11.9. The van der Waals surface area contributed by atoms with Gasteiger partial charge in [0.1, 0.15) is 5.69 Å². The Balaban J connectivity index is 1.69. The van der Waals surface area contributed by atoms with E-state index in [2.05, 4.69) is 5.10 Å². The van der Waals surface area contributed by atoms with Gasteiger partial charge in [-0.3, -0.25) is 4.79 Å². The van der Waals surface area contributed by atoms with Crippen LogP contribution in [0.4, 0.5) is 0 Å². The number of nitrogens with zero attached hydrogens (tertiary/aromatic N) is 2. The number of hydrogen-bond donors (Lipinski definition) is 1. The van der Waals surface area contributed by atoms with Crippen molar-refractivity contribution in [3.05, 3.63) is 48.3 Å². The van der Waals surface area contributed by atoms with E-state index in [1.54, 1.807) is 10.9 Å². The highest BCUT2D eigenvalue weighted by Gasteiger charge is 2.49. The number of hydrogen-bond acceptors (Lipinski definition) is 3. The third kappa shape index (κ3) is 1.94. The van der Waals surface area contributed by atoms with E-state index in [4.69, 9.17) is 5.73 Å². The van der Waals surface area contributed by atoms with Crippen LogP contribution in [-0.4, -0.2) is 21.6 Å². The van der Waals surface area contributed by atoms with Gasteiger partial charge in [0.15, 0.2) is 5.78 Å². The molecule has 2 aromatic rings. The highest BCUT2D eigenvalue weighted by molar-refractivity contribution is 5.97. The maximum Gasteiger partial charge on any atom is 0.186 e. The first-order valence-electron chi connectivity index (χ1n) is 7.65. The summed E-state index contributed by atoms with van der Waals surface area (Å²) in [6.07, 6.45) is 5.15. The fraction of sp³-hybridized carbons (Fsp3) is 0.412. The Labute approximate surface area is 124 Å². The highest BCUT2D eigenvalue weighted by Crippen LogP contribution is 2.48. The number of nitrogens with two attached hydrogens (primary N) is 1. The Morgan fingerprint density at radius 2 is 1.90 bits per heavy atom. The van der Waals surface area contributed by atoms with E-state index in [0.717, 1.165) is 18.5 Å². The first-order valence-corrected chi connectivity index (χ1v) is 7.65. The van der Waals surface area contributed by atoms with E-state index in [1.807, 2.05) is 36.4 Å². The average molecular weight is 281 g/mol. The molecule has 2 saturated carbocycles. The van der Waals surface area contributed by atoms with Gasteiger partial charge in [-0.15, -0.1) is 0 Å². The number of Topliss-reactive ketones (excluding diaryl/α,β-unsaturated/α-hetero) is 1. The normalized spacial score (nSPS) is 30.7. The Morgan fingerprint density at radius 3 is 2.62 bits per heavy atom. The van der Waals surface area contributed by atoms with Gasteiger partial charge in [0, 0.05) is 12.0 Å². The molecular formula is C17H19N3O. The van der Waals surface area contributed by atoms with Gasteiger partial charge in [0.2, 0.25) is 0 Å². The quantitative estimate of drug-likeness (QED) is 0.879. The van der Waals surface area contributed by atoms with E-state index >= 15 is 0 Å². The molecule has 21 heavy (non-hydrogen) atoms. The van der Waals surface area contributed by atoms with E-state index in [0.29, 0.717) is 17.5 Å². The number of aromatic nitrogens is 2. The van der Waals surface area contributed by atoms with Crippen LogP contribution in [-0.2, 0) is 0 Å². The number of fused-ring (bicyclic) bond motifs is 2. The Kier molecular flexibility index (Phi) is 2.93. The van der Waals surface area contributed by atoms with Crippen molar-refractivity contribution in [2.24, 2.45) is 23.5 Å². The van der Waals surface area contributed by atoms with Gasteiger partial charge >= 0.3 is 0 Å². The van der Waals surface area contributed by atoms with E-state index in [9.17, 15) is 4.79 Å².